The molecule has 6 heteroatoms. The van der Waals surface area contributed by atoms with Crippen LogP contribution >= 0.6 is 11.8 Å². The van der Waals surface area contributed by atoms with Gasteiger partial charge >= 0.3 is 0 Å². The fourth-order valence-electron chi connectivity index (χ4n) is 3.67. The zero-order valence-corrected chi connectivity index (χ0v) is 16.6. The number of nitriles is 1. The molecule has 1 amide bonds. The second-order valence-corrected chi connectivity index (χ2v) is 8.09. The number of fused-ring (bicyclic) bond motifs is 1. The van der Waals surface area contributed by atoms with E-state index in [9.17, 15) is 14.4 Å². The van der Waals surface area contributed by atoms with Crippen molar-refractivity contribution in [2.24, 2.45) is 0 Å². The van der Waals surface area contributed by atoms with Crippen LogP contribution in [0.1, 0.15) is 29.0 Å². The van der Waals surface area contributed by atoms with Crippen LogP contribution in [0, 0.1) is 31.0 Å². The zero-order chi connectivity index (χ0) is 19.8. The van der Waals surface area contributed by atoms with Gasteiger partial charge in [-0.3, -0.25) is 9.69 Å². The van der Waals surface area contributed by atoms with Gasteiger partial charge in [0.1, 0.15) is 5.82 Å². The summed E-state index contributed by atoms with van der Waals surface area (Å²) in [5.74, 6) is -0.342. The third-order valence-electron chi connectivity index (χ3n) is 5.43. The molecule has 4 nitrogen and oxygen atoms in total. The predicted molar refractivity (Wildman–Crippen MR) is 109 cm³/mol. The molecule has 0 aromatic heterocycles. The molecule has 1 atom stereocenters. The molecule has 0 spiro atoms. The Morgan fingerprint density at radius 2 is 1.96 bits per heavy atom. The summed E-state index contributed by atoms with van der Waals surface area (Å²) in [5.41, 5.74) is 4.37. The van der Waals surface area contributed by atoms with Crippen LogP contribution in [0.2, 0.25) is 0 Å². The first-order valence-corrected chi connectivity index (χ1v) is 10.1. The van der Waals surface area contributed by atoms with Crippen LogP contribution in [0.15, 0.2) is 53.1 Å². The van der Waals surface area contributed by atoms with Gasteiger partial charge in [0.2, 0.25) is 5.91 Å². The van der Waals surface area contributed by atoms with Crippen LogP contribution in [0.4, 0.5) is 10.1 Å². The van der Waals surface area contributed by atoms with Crippen molar-refractivity contribution in [1.29, 1.82) is 5.26 Å². The molecule has 0 N–H and O–H groups in total. The third-order valence-corrected chi connectivity index (χ3v) is 6.58. The quantitative estimate of drug-likeness (QED) is 0.744. The van der Waals surface area contributed by atoms with Crippen molar-refractivity contribution in [2.75, 3.05) is 17.4 Å². The Morgan fingerprint density at radius 3 is 2.68 bits per heavy atom. The number of nitrogens with zero attached hydrogens (tertiary/aromatic N) is 3. The minimum Gasteiger partial charge on any atom is -0.344 e. The van der Waals surface area contributed by atoms with Crippen LogP contribution < -0.4 is 4.90 Å². The second kappa shape index (κ2) is 7.33. The van der Waals surface area contributed by atoms with E-state index < -0.39 is 5.92 Å². The van der Waals surface area contributed by atoms with Crippen LogP contribution in [0.5, 0.6) is 0 Å². The Labute approximate surface area is 168 Å². The number of hydrogen-bond donors (Lipinski definition) is 0. The smallest absolute Gasteiger partial charge is 0.229 e. The Bertz CT molecular complexity index is 1030. The van der Waals surface area contributed by atoms with Crippen molar-refractivity contribution in [3.05, 3.63) is 75.6 Å². The second-order valence-electron chi connectivity index (χ2n) is 7.15. The summed E-state index contributed by atoms with van der Waals surface area (Å²) in [7, 11) is 0. The molecule has 0 unspecified atom stereocenters. The number of hydrogen-bond acceptors (Lipinski definition) is 4. The number of carbonyl (C=O) groups excluding carboxylic acids is 1. The fourth-order valence-corrected chi connectivity index (χ4v) is 4.84. The highest BCUT2D eigenvalue weighted by Crippen LogP contribution is 2.43. The summed E-state index contributed by atoms with van der Waals surface area (Å²) in [6, 6.07) is 14.9. The molecule has 1 saturated heterocycles. The Kier molecular flexibility index (Phi) is 4.86. The normalized spacial score (nSPS) is 19.5. The number of thioether (sulfide) groups is 1. The van der Waals surface area contributed by atoms with E-state index in [0.29, 0.717) is 28.7 Å². The lowest BCUT2D eigenvalue weighted by Gasteiger charge is -2.42. The highest BCUT2D eigenvalue weighted by molar-refractivity contribution is 8.03. The first-order valence-electron chi connectivity index (χ1n) is 9.13. The van der Waals surface area contributed by atoms with Crippen molar-refractivity contribution < 1.29 is 9.18 Å². The Morgan fingerprint density at radius 1 is 1.18 bits per heavy atom. The van der Waals surface area contributed by atoms with E-state index in [1.165, 1.54) is 29.0 Å². The van der Waals surface area contributed by atoms with Crippen molar-refractivity contribution in [2.45, 2.75) is 26.2 Å². The van der Waals surface area contributed by atoms with E-state index in [0.717, 1.165) is 5.69 Å². The summed E-state index contributed by atoms with van der Waals surface area (Å²) in [4.78, 5) is 16.7. The zero-order valence-electron chi connectivity index (χ0n) is 15.8. The number of amides is 1. The topological polar surface area (TPSA) is 47.3 Å². The summed E-state index contributed by atoms with van der Waals surface area (Å²) in [6.07, 6.45) is 0.106. The number of benzene rings is 2. The maximum atomic E-state index is 14.3. The van der Waals surface area contributed by atoms with Gasteiger partial charge in [-0.05, 0) is 48.7 Å². The molecule has 2 aromatic rings. The highest BCUT2D eigenvalue weighted by Gasteiger charge is 2.39. The summed E-state index contributed by atoms with van der Waals surface area (Å²) < 4.78 is 14.3. The molecule has 0 aliphatic carbocycles. The van der Waals surface area contributed by atoms with Gasteiger partial charge in [-0.25, -0.2) is 4.39 Å². The lowest BCUT2D eigenvalue weighted by molar-refractivity contribution is -0.129. The van der Waals surface area contributed by atoms with E-state index in [1.807, 2.05) is 0 Å². The lowest BCUT2D eigenvalue weighted by Crippen LogP contribution is -2.47. The van der Waals surface area contributed by atoms with E-state index in [2.05, 4.69) is 43.0 Å². The van der Waals surface area contributed by atoms with Crippen LogP contribution in [-0.4, -0.2) is 23.4 Å². The molecule has 2 aliphatic rings. The van der Waals surface area contributed by atoms with Gasteiger partial charge < -0.3 is 4.90 Å². The number of anilines is 1. The number of rotatable bonds is 2. The maximum absolute atomic E-state index is 14.3. The summed E-state index contributed by atoms with van der Waals surface area (Å²) >= 11 is 1.47. The van der Waals surface area contributed by atoms with Gasteiger partial charge in [-0.1, -0.05) is 36.0 Å². The van der Waals surface area contributed by atoms with Gasteiger partial charge in [0.05, 0.1) is 29.2 Å². The number of carbonyl (C=O) groups is 1. The molecule has 2 aromatic carbocycles. The first-order chi connectivity index (χ1) is 13.5. The van der Waals surface area contributed by atoms with E-state index in [4.69, 9.17) is 0 Å². The highest BCUT2D eigenvalue weighted by atomic mass is 32.2. The summed E-state index contributed by atoms with van der Waals surface area (Å²) in [5, 5.41) is 10.5. The van der Waals surface area contributed by atoms with Crippen LogP contribution in [-0.2, 0) is 4.79 Å². The molecular formula is C22H20FN3OS. The average molecular weight is 393 g/mol. The Balaban J connectivity index is 1.68. The number of aryl methyl sites for hydroxylation is 2. The molecule has 4 rings (SSSR count). The summed E-state index contributed by atoms with van der Waals surface area (Å²) in [6.45, 7) is 4.54. The SMILES string of the molecule is Cc1ccc(N2CSC3=C(C#N)[C@@H](c4ccccc4F)CC(=O)N3C2)cc1C. The monoisotopic (exact) mass is 393 g/mol. The molecule has 2 heterocycles. The number of halogens is 1. The van der Waals surface area contributed by atoms with Crippen molar-refractivity contribution in [3.63, 3.8) is 0 Å². The molecule has 0 radical (unpaired) electrons. The number of allylic oxidation sites excluding steroid dienone is 1. The molecule has 142 valence electrons. The minimum atomic E-state index is -0.523. The fraction of sp³-hybridized carbons (Fsp3) is 0.273. The van der Waals surface area contributed by atoms with E-state index >= 15 is 0 Å². The van der Waals surface area contributed by atoms with Gasteiger partial charge in [-0.15, -0.1) is 0 Å². The maximum Gasteiger partial charge on any atom is 0.229 e. The minimum absolute atomic E-state index is 0.0803. The van der Waals surface area contributed by atoms with Crippen molar-refractivity contribution in [3.8, 4) is 6.07 Å². The van der Waals surface area contributed by atoms with E-state index in [1.54, 1.807) is 23.1 Å². The third kappa shape index (κ3) is 3.16. The molecule has 0 bridgehead atoms. The predicted octanol–water partition coefficient (Wildman–Crippen LogP) is 4.66. The largest absolute Gasteiger partial charge is 0.344 e. The van der Waals surface area contributed by atoms with Gasteiger partial charge in [-0.2, -0.15) is 5.26 Å². The van der Waals surface area contributed by atoms with E-state index in [-0.39, 0.29) is 18.1 Å². The van der Waals surface area contributed by atoms with Crippen LogP contribution in [0.25, 0.3) is 0 Å². The first kappa shape index (κ1) is 18.6. The molecule has 2 aliphatic heterocycles. The standard InChI is InChI=1S/C22H20FN3OS/c1-14-7-8-16(9-15(14)2)25-12-26-21(27)10-18(17-5-3-4-6-20(17)23)19(11-24)22(26)28-13-25/h3-9,18H,10,12-13H2,1-2H3/t18-/m1/s1. The van der Waals surface area contributed by atoms with Crippen LogP contribution in [0.3, 0.4) is 0 Å². The van der Waals surface area contributed by atoms with Gasteiger partial charge in [0.25, 0.3) is 0 Å². The molecule has 0 saturated carbocycles. The van der Waals surface area contributed by atoms with Gasteiger partial charge in [0.15, 0.2) is 0 Å². The average Bonchev–Trinajstić information content (AvgIpc) is 2.70. The molecule has 1 fully saturated rings. The van der Waals surface area contributed by atoms with Crippen molar-refractivity contribution in [1.82, 2.24) is 4.90 Å². The van der Waals surface area contributed by atoms with Crippen molar-refractivity contribution >= 4 is 23.4 Å². The lowest BCUT2D eigenvalue weighted by atomic mass is 9.86. The Hall–Kier alpha value is -2.78. The molecular weight excluding hydrogens is 373 g/mol. The van der Waals surface area contributed by atoms with Gasteiger partial charge in [0, 0.05) is 18.0 Å². The molecule has 28 heavy (non-hydrogen) atoms.